The maximum atomic E-state index is 11.8. The molecule has 0 radical (unpaired) electrons. The van der Waals surface area contributed by atoms with E-state index in [9.17, 15) is 4.79 Å². The minimum absolute atomic E-state index is 0.0443. The fourth-order valence-electron chi connectivity index (χ4n) is 3.57. The number of carbonyl (C=O) groups is 1. The molecule has 4 rings (SSSR count). The molecule has 7 nitrogen and oxygen atoms in total. The summed E-state index contributed by atoms with van der Waals surface area (Å²) >= 11 is 6.67. The second-order valence-electron chi connectivity index (χ2n) is 6.68. The van der Waals surface area contributed by atoms with Crippen LogP contribution in [-0.4, -0.2) is 46.3 Å². The summed E-state index contributed by atoms with van der Waals surface area (Å²) in [5, 5.41) is 5.21. The van der Waals surface area contributed by atoms with Gasteiger partial charge in [-0.3, -0.25) is 4.79 Å². The van der Waals surface area contributed by atoms with Crippen LogP contribution < -0.4 is 4.90 Å². The zero-order valence-corrected chi connectivity index (χ0v) is 15.5. The number of imidazole rings is 1. The fourth-order valence-corrected chi connectivity index (χ4v) is 3.94. The van der Waals surface area contributed by atoms with Crippen LogP contribution in [0.2, 0.25) is 5.02 Å². The van der Waals surface area contributed by atoms with E-state index in [0.29, 0.717) is 51.9 Å². The molecule has 1 fully saturated rings. The molecule has 1 aromatic carbocycles. The second-order valence-corrected chi connectivity index (χ2v) is 7.06. The summed E-state index contributed by atoms with van der Waals surface area (Å²) in [4.78, 5) is 18.2. The van der Waals surface area contributed by atoms with Gasteiger partial charge in [0.05, 0.1) is 23.3 Å². The maximum absolute atomic E-state index is 11.8. The zero-order valence-electron chi connectivity index (χ0n) is 14.8. The molecule has 8 heteroatoms. The molecule has 0 amide bonds. The lowest BCUT2D eigenvalue weighted by molar-refractivity contribution is -0.00524. The number of ether oxygens (including phenoxy) is 1. The highest BCUT2D eigenvalue weighted by Gasteiger charge is 2.29. The molecule has 0 saturated carbocycles. The molecule has 26 heavy (non-hydrogen) atoms. The first kappa shape index (κ1) is 17.1. The highest BCUT2D eigenvalue weighted by atomic mass is 35.5. The summed E-state index contributed by atoms with van der Waals surface area (Å²) in [6.07, 6.45) is 4.41. The Balaban J connectivity index is 1.89. The van der Waals surface area contributed by atoms with Crippen LogP contribution in [0.4, 0.5) is 5.69 Å². The van der Waals surface area contributed by atoms with Crippen LogP contribution in [-0.2, 0) is 11.8 Å². The molecule has 0 bridgehead atoms. The molecule has 2 aromatic heterocycles. The molecule has 3 aromatic rings. The Hall–Kier alpha value is -2.38. The number of rotatable bonds is 3. The zero-order chi connectivity index (χ0) is 18.4. The van der Waals surface area contributed by atoms with Gasteiger partial charge in [-0.15, -0.1) is 0 Å². The van der Waals surface area contributed by atoms with Gasteiger partial charge in [-0.1, -0.05) is 16.8 Å². The van der Waals surface area contributed by atoms with Crippen molar-refractivity contribution in [1.29, 1.82) is 0 Å². The van der Waals surface area contributed by atoms with E-state index in [2.05, 4.69) is 15.0 Å². The summed E-state index contributed by atoms with van der Waals surface area (Å²) in [5.41, 5.74) is 2.19. The van der Waals surface area contributed by atoms with E-state index in [1.54, 1.807) is 12.3 Å². The van der Waals surface area contributed by atoms with E-state index in [-0.39, 0.29) is 12.2 Å². The normalized spacial score (nSPS) is 20.7. The molecular formula is C18H19ClN4O3. The van der Waals surface area contributed by atoms with Gasteiger partial charge in [0.2, 0.25) is 0 Å². The number of hydrogen-bond acceptors (Lipinski definition) is 6. The van der Waals surface area contributed by atoms with Crippen LogP contribution >= 0.6 is 11.6 Å². The van der Waals surface area contributed by atoms with Crippen molar-refractivity contribution in [3.8, 4) is 11.5 Å². The summed E-state index contributed by atoms with van der Waals surface area (Å²) in [7, 11) is 1.87. The van der Waals surface area contributed by atoms with E-state index in [0.717, 1.165) is 6.29 Å². The summed E-state index contributed by atoms with van der Waals surface area (Å²) < 4.78 is 13.2. The molecule has 3 heterocycles. The first-order valence-electron chi connectivity index (χ1n) is 8.44. The fraction of sp³-hybridized carbons (Fsp3) is 0.389. The highest BCUT2D eigenvalue weighted by Crippen LogP contribution is 2.40. The largest absolute Gasteiger partial charge is 0.372 e. The van der Waals surface area contributed by atoms with Gasteiger partial charge in [-0.05, 0) is 19.9 Å². The van der Waals surface area contributed by atoms with Crippen molar-refractivity contribution in [3.63, 3.8) is 0 Å². The van der Waals surface area contributed by atoms with Gasteiger partial charge in [-0.2, -0.15) is 0 Å². The smallest absolute Gasteiger partial charge is 0.188 e. The van der Waals surface area contributed by atoms with E-state index in [1.807, 2.05) is 31.7 Å². The third kappa shape index (κ3) is 2.68. The Bertz CT molecular complexity index is 970. The van der Waals surface area contributed by atoms with Gasteiger partial charge in [0.15, 0.2) is 23.4 Å². The SMILES string of the molecule is C[C@@H]1CN(c2c(C=O)cc3c(-c4nccn4C)noc3c2Cl)C[C@H](C)O1. The molecule has 0 N–H and O–H groups in total. The molecule has 1 aliphatic rings. The number of aromatic nitrogens is 3. The standard InChI is InChI=1S/C18H19ClN4O3/c1-10-7-23(8-11(2)25-10)16-12(9-24)6-13-15(18-20-4-5-22(18)3)21-26-17(13)14(16)19/h4-6,9-11H,7-8H2,1-3H3/t10-,11+. The van der Waals surface area contributed by atoms with Crippen molar-refractivity contribution < 1.29 is 14.1 Å². The third-order valence-corrected chi connectivity index (χ3v) is 4.95. The first-order valence-corrected chi connectivity index (χ1v) is 8.82. The lowest BCUT2D eigenvalue weighted by atomic mass is 10.1. The Labute approximate surface area is 155 Å². The van der Waals surface area contributed by atoms with Gasteiger partial charge in [0.1, 0.15) is 5.02 Å². The van der Waals surface area contributed by atoms with Gasteiger partial charge in [0, 0.05) is 38.1 Å². The lowest BCUT2D eigenvalue weighted by Crippen LogP contribution is -2.46. The van der Waals surface area contributed by atoms with Crippen molar-refractivity contribution >= 4 is 34.5 Å². The van der Waals surface area contributed by atoms with Crippen molar-refractivity contribution in [2.45, 2.75) is 26.1 Å². The average molecular weight is 375 g/mol. The van der Waals surface area contributed by atoms with Crippen LogP contribution in [0.1, 0.15) is 24.2 Å². The predicted molar refractivity (Wildman–Crippen MR) is 98.8 cm³/mol. The topological polar surface area (TPSA) is 73.4 Å². The quantitative estimate of drug-likeness (QED) is 0.655. The maximum Gasteiger partial charge on any atom is 0.188 e. The number of fused-ring (bicyclic) bond motifs is 1. The van der Waals surface area contributed by atoms with E-state index in [1.165, 1.54) is 0 Å². The lowest BCUT2D eigenvalue weighted by Gasteiger charge is -2.37. The number of nitrogens with zero attached hydrogens (tertiary/aromatic N) is 4. The molecule has 0 spiro atoms. The molecular weight excluding hydrogens is 356 g/mol. The van der Waals surface area contributed by atoms with Crippen molar-refractivity contribution in [2.24, 2.45) is 7.05 Å². The van der Waals surface area contributed by atoms with Crippen molar-refractivity contribution in [3.05, 3.63) is 29.0 Å². The average Bonchev–Trinajstić information content (AvgIpc) is 3.19. The number of anilines is 1. The van der Waals surface area contributed by atoms with Crippen LogP contribution in [0, 0.1) is 0 Å². The highest BCUT2D eigenvalue weighted by molar-refractivity contribution is 6.38. The Kier molecular flexibility index (Phi) is 4.20. The van der Waals surface area contributed by atoms with Crippen LogP contribution in [0.3, 0.4) is 0 Å². The van der Waals surface area contributed by atoms with Crippen LogP contribution in [0.25, 0.3) is 22.5 Å². The van der Waals surface area contributed by atoms with Gasteiger partial charge in [-0.25, -0.2) is 4.98 Å². The molecule has 0 aliphatic carbocycles. The molecule has 2 atom stereocenters. The summed E-state index contributed by atoms with van der Waals surface area (Å²) in [6.45, 7) is 5.31. The first-order chi connectivity index (χ1) is 12.5. The van der Waals surface area contributed by atoms with Crippen LogP contribution in [0.15, 0.2) is 23.0 Å². The van der Waals surface area contributed by atoms with E-state index >= 15 is 0 Å². The minimum Gasteiger partial charge on any atom is -0.372 e. The number of morpholine rings is 1. The molecule has 136 valence electrons. The Morgan fingerprint density at radius 1 is 1.31 bits per heavy atom. The number of benzene rings is 1. The number of halogens is 1. The van der Waals surface area contributed by atoms with Crippen molar-refractivity contribution in [1.82, 2.24) is 14.7 Å². The minimum atomic E-state index is 0.0443. The Morgan fingerprint density at radius 2 is 2.04 bits per heavy atom. The number of carbonyl (C=O) groups excluding carboxylic acids is 1. The number of aldehydes is 1. The van der Waals surface area contributed by atoms with Crippen molar-refractivity contribution in [2.75, 3.05) is 18.0 Å². The van der Waals surface area contributed by atoms with Gasteiger partial charge < -0.3 is 18.7 Å². The summed E-state index contributed by atoms with van der Waals surface area (Å²) in [6, 6.07) is 1.77. The Morgan fingerprint density at radius 3 is 2.65 bits per heavy atom. The molecule has 0 unspecified atom stereocenters. The van der Waals surface area contributed by atoms with Crippen LogP contribution in [0.5, 0.6) is 0 Å². The number of hydrogen-bond donors (Lipinski definition) is 0. The molecule has 1 aliphatic heterocycles. The van der Waals surface area contributed by atoms with E-state index < -0.39 is 0 Å². The summed E-state index contributed by atoms with van der Waals surface area (Å²) in [5.74, 6) is 0.651. The predicted octanol–water partition coefficient (Wildman–Crippen LogP) is 3.31. The number of aryl methyl sites for hydroxylation is 1. The second kappa shape index (κ2) is 6.41. The third-order valence-electron chi connectivity index (χ3n) is 4.60. The van der Waals surface area contributed by atoms with Gasteiger partial charge in [0.25, 0.3) is 0 Å². The monoisotopic (exact) mass is 374 g/mol. The van der Waals surface area contributed by atoms with E-state index in [4.69, 9.17) is 20.9 Å². The molecule has 1 saturated heterocycles. The van der Waals surface area contributed by atoms with Gasteiger partial charge >= 0.3 is 0 Å².